The molecule has 4 N–H and O–H groups in total. The molecule has 0 aliphatic heterocycles. The van der Waals surface area contributed by atoms with Crippen molar-refractivity contribution in [3.8, 4) is 0 Å². The van der Waals surface area contributed by atoms with Crippen molar-refractivity contribution in [3.63, 3.8) is 0 Å². The molecule has 0 aromatic heterocycles. The average Bonchev–Trinajstić information content (AvgIpc) is 2.37. The van der Waals surface area contributed by atoms with Gasteiger partial charge in [0.15, 0.2) is 0 Å². The predicted octanol–water partition coefficient (Wildman–Crippen LogP) is 3.92. The summed E-state index contributed by atoms with van der Waals surface area (Å²) in [6.45, 7) is 1.72. The second-order valence-corrected chi connectivity index (χ2v) is 5.17. The van der Waals surface area contributed by atoms with Crippen LogP contribution in [0.3, 0.4) is 0 Å². The third kappa shape index (κ3) is 2.91. The van der Waals surface area contributed by atoms with Gasteiger partial charge >= 0.3 is 5.97 Å². The molecule has 0 fully saturated rings. The fourth-order valence-electron chi connectivity index (χ4n) is 1.79. The fraction of sp³-hybridized carbons (Fsp3) is 0.0714. The molecule has 0 radical (unpaired) electrons. The lowest BCUT2D eigenvalue weighted by Gasteiger charge is -2.11. The Labute approximate surface area is 123 Å². The predicted molar refractivity (Wildman–Crippen MR) is 79.9 cm³/mol. The van der Waals surface area contributed by atoms with Gasteiger partial charge in [-0.05, 0) is 58.7 Å². The summed E-state index contributed by atoms with van der Waals surface area (Å²) in [5, 5.41) is 12.0. The van der Waals surface area contributed by atoms with Crippen molar-refractivity contribution in [2.75, 3.05) is 11.1 Å². The SMILES string of the molecule is Cc1cc(Nc2ccc(Br)c(F)c2)cc(C(=O)O)c1N. The monoisotopic (exact) mass is 338 g/mol. The number of carboxylic acids is 1. The van der Waals surface area contributed by atoms with Crippen LogP contribution in [0.15, 0.2) is 34.8 Å². The number of carboxylic acid groups (broad SMARTS) is 1. The van der Waals surface area contributed by atoms with Gasteiger partial charge in [0.1, 0.15) is 5.82 Å². The van der Waals surface area contributed by atoms with Gasteiger partial charge in [-0.2, -0.15) is 0 Å². The first-order valence-corrected chi connectivity index (χ1v) is 6.53. The topological polar surface area (TPSA) is 75.3 Å². The molecule has 0 aliphatic carbocycles. The zero-order chi connectivity index (χ0) is 14.9. The van der Waals surface area contributed by atoms with Crippen molar-refractivity contribution in [1.29, 1.82) is 0 Å². The van der Waals surface area contributed by atoms with E-state index in [1.165, 1.54) is 12.1 Å². The second-order valence-electron chi connectivity index (χ2n) is 4.31. The molecule has 0 atom stereocenters. The molecule has 2 aromatic rings. The molecule has 0 aliphatic rings. The number of halogens is 2. The molecule has 0 saturated carbocycles. The molecule has 2 rings (SSSR count). The van der Waals surface area contributed by atoms with Crippen LogP contribution in [0.5, 0.6) is 0 Å². The van der Waals surface area contributed by atoms with Crippen LogP contribution in [0.4, 0.5) is 21.5 Å². The molecule has 0 unspecified atom stereocenters. The van der Waals surface area contributed by atoms with Gasteiger partial charge in [0.2, 0.25) is 0 Å². The van der Waals surface area contributed by atoms with Crippen LogP contribution in [-0.4, -0.2) is 11.1 Å². The van der Waals surface area contributed by atoms with Crippen LogP contribution in [0.2, 0.25) is 0 Å². The third-order valence-corrected chi connectivity index (χ3v) is 3.47. The summed E-state index contributed by atoms with van der Waals surface area (Å²) in [6.07, 6.45) is 0. The number of hydrogen-bond acceptors (Lipinski definition) is 3. The van der Waals surface area contributed by atoms with Crippen molar-refractivity contribution in [1.82, 2.24) is 0 Å². The molecule has 2 aromatic carbocycles. The number of nitrogens with one attached hydrogen (secondary N) is 1. The highest BCUT2D eigenvalue weighted by Crippen LogP contribution is 2.27. The zero-order valence-electron chi connectivity index (χ0n) is 10.6. The summed E-state index contributed by atoms with van der Waals surface area (Å²) >= 11 is 3.07. The molecule has 6 heteroatoms. The molecule has 0 amide bonds. The maximum atomic E-state index is 13.4. The van der Waals surface area contributed by atoms with Crippen LogP contribution in [-0.2, 0) is 0 Å². The Balaban J connectivity index is 2.38. The highest BCUT2D eigenvalue weighted by Gasteiger charge is 2.12. The number of aryl methyl sites for hydroxylation is 1. The quantitative estimate of drug-likeness (QED) is 0.741. The Morgan fingerprint density at radius 1 is 1.30 bits per heavy atom. The Hall–Kier alpha value is -2.08. The number of hydrogen-bond donors (Lipinski definition) is 3. The van der Waals surface area contributed by atoms with Crippen molar-refractivity contribution in [2.24, 2.45) is 0 Å². The van der Waals surface area contributed by atoms with E-state index in [0.29, 0.717) is 21.4 Å². The molecule has 4 nitrogen and oxygen atoms in total. The van der Waals surface area contributed by atoms with Gasteiger partial charge in [0.25, 0.3) is 0 Å². The molecule has 0 spiro atoms. The maximum Gasteiger partial charge on any atom is 0.337 e. The number of anilines is 3. The minimum atomic E-state index is -1.10. The number of aromatic carboxylic acids is 1. The number of rotatable bonds is 3. The van der Waals surface area contributed by atoms with E-state index in [0.717, 1.165) is 0 Å². The lowest BCUT2D eigenvalue weighted by molar-refractivity contribution is 0.0698. The maximum absolute atomic E-state index is 13.4. The highest BCUT2D eigenvalue weighted by molar-refractivity contribution is 9.10. The lowest BCUT2D eigenvalue weighted by Crippen LogP contribution is -2.05. The normalized spacial score (nSPS) is 10.3. The minimum Gasteiger partial charge on any atom is -0.478 e. The van der Waals surface area contributed by atoms with E-state index in [4.69, 9.17) is 10.8 Å². The molecular formula is C14H12BrFN2O2. The van der Waals surface area contributed by atoms with Gasteiger partial charge in [0, 0.05) is 17.1 Å². The van der Waals surface area contributed by atoms with Crippen molar-refractivity contribution >= 4 is 39.0 Å². The first-order valence-electron chi connectivity index (χ1n) is 5.74. The Kier molecular flexibility index (Phi) is 3.94. The smallest absolute Gasteiger partial charge is 0.337 e. The van der Waals surface area contributed by atoms with E-state index < -0.39 is 11.8 Å². The standard InChI is InChI=1S/C14H12BrFN2O2/c1-7-4-9(5-10(13(7)17)14(19)20)18-8-2-3-11(15)12(16)6-8/h2-6,18H,17H2,1H3,(H,19,20). The molecule has 0 saturated heterocycles. The van der Waals surface area contributed by atoms with E-state index in [-0.39, 0.29) is 11.3 Å². The van der Waals surface area contributed by atoms with Crippen LogP contribution in [0.25, 0.3) is 0 Å². The van der Waals surface area contributed by atoms with Crippen LogP contribution in [0.1, 0.15) is 15.9 Å². The van der Waals surface area contributed by atoms with Gasteiger partial charge in [-0.3, -0.25) is 0 Å². The molecule has 20 heavy (non-hydrogen) atoms. The minimum absolute atomic E-state index is 0.0186. The van der Waals surface area contributed by atoms with E-state index in [2.05, 4.69) is 21.2 Å². The summed E-state index contributed by atoms with van der Waals surface area (Å²) < 4.78 is 13.8. The molecule has 104 valence electrons. The van der Waals surface area contributed by atoms with Crippen LogP contribution < -0.4 is 11.1 Å². The van der Waals surface area contributed by atoms with E-state index in [9.17, 15) is 9.18 Å². The Morgan fingerprint density at radius 2 is 2.00 bits per heavy atom. The first-order chi connectivity index (χ1) is 9.38. The average molecular weight is 339 g/mol. The van der Waals surface area contributed by atoms with Gasteiger partial charge < -0.3 is 16.2 Å². The van der Waals surface area contributed by atoms with Gasteiger partial charge in [0.05, 0.1) is 10.0 Å². The van der Waals surface area contributed by atoms with Crippen LogP contribution in [0, 0.1) is 12.7 Å². The number of nitrogen functional groups attached to an aromatic ring is 1. The highest BCUT2D eigenvalue weighted by atomic mass is 79.9. The Bertz CT molecular complexity index is 689. The Morgan fingerprint density at radius 3 is 2.60 bits per heavy atom. The summed E-state index contributed by atoms with van der Waals surface area (Å²) in [6, 6.07) is 7.70. The fourth-order valence-corrected chi connectivity index (χ4v) is 2.03. The summed E-state index contributed by atoms with van der Waals surface area (Å²) in [5.41, 5.74) is 7.66. The zero-order valence-corrected chi connectivity index (χ0v) is 12.2. The first kappa shape index (κ1) is 14.3. The van der Waals surface area contributed by atoms with Crippen molar-refractivity contribution in [3.05, 3.63) is 51.7 Å². The number of benzene rings is 2. The molecule has 0 bridgehead atoms. The molecular weight excluding hydrogens is 327 g/mol. The van der Waals surface area contributed by atoms with Crippen molar-refractivity contribution in [2.45, 2.75) is 6.92 Å². The molecule has 0 heterocycles. The second kappa shape index (κ2) is 5.50. The van der Waals surface area contributed by atoms with Gasteiger partial charge in [-0.1, -0.05) is 0 Å². The van der Waals surface area contributed by atoms with E-state index >= 15 is 0 Å². The third-order valence-electron chi connectivity index (χ3n) is 2.83. The summed E-state index contributed by atoms with van der Waals surface area (Å²) in [4.78, 5) is 11.1. The lowest BCUT2D eigenvalue weighted by atomic mass is 10.1. The summed E-state index contributed by atoms with van der Waals surface area (Å²) in [5.74, 6) is -1.50. The van der Waals surface area contributed by atoms with E-state index in [1.54, 1.807) is 25.1 Å². The number of carbonyl (C=O) groups is 1. The van der Waals surface area contributed by atoms with Gasteiger partial charge in [-0.25, -0.2) is 9.18 Å². The van der Waals surface area contributed by atoms with Crippen molar-refractivity contribution < 1.29 is 14.3 Å². The van der Waals surface area contributed by atoms with Gasteiger partial charge in [-0.15, -0.1) is 0 Å². The number of nitrogens with two attached hydrogens (primary N) is 1. The van der Waals surface area contributed by atoms with E-state index in [1.807, 2.05) is 0 Å². The van der Waals surface area contributed by atoms with Crippen LogP contribution >= 0.6 is 15.9 Å². The summed E-state index contributed by atoms with van der Waals surface area (Å²) in [7, 11) is 0. The largest absolute Gasteiger partial charge is 0.478 e.